The average molecular weight is 518 g/mol. The molecule has 2 heterocycles. The van der Waals surface area contributed by atoms with Crippen molar-refractivity contribution in [3.63, 3.8) is 0 Å². The minimum Gasteiger partial charge on any atom is -0.447 e. The molecular weight excluding hydrogens is 506 g/mol. The number of fused-ring (bicyclic) bond motifs is 1. The predicted molar refractivity (Wildman–Crippen MR) is 105 cm³/mol. The Kier molecular flexibility index (Phi) is 5.36. The molecule has 0 aliphatic rings. The number of halogens is 3. The summed E-state index contributed by atoms with van der Waals surface area (Å²) < 4.78 is 8.98. The second-order valence-electron chi connectivity index (χ2n) is 5.07. The van der Waals surface area contributed by atoms with E-state index in [1.54, 1.807) is 12.1 Å². The lowest BCUT2D eigenvalue weighted by atomic mass is 10.2. The van der Waals surface area contributed by atoms with Gasteiger partial charge in [0.2, 0.25) is 0 Å². The number of nitrogens with zero attached hydrogens (tertiary/aromatic N) is 3. The van der Waals surface area contributed by atoms with Crippen molar-refractivity contribution in [2.24, 2.45) is 5.10 Å². The largest absolute Gasteiger partial charge is 0.447 e. The molecule has 0 amide bonds. The fourth-order valence-electron chi connectivity index (χ4n) is 2.24. The molecule has 0 atom stereocenters. The van der Waals surface area contributed by atoms with Crippen LogP contribution in [0.3, 0.4) is 0 Å². The Morgan fingerprint density at radius 1 is 1.29 bits per heavy atom. The fraction of sp³-hybridized carbons (Fsp3) is 0.188. The number of rotatable bonds is 4. The van der Waals surface area contributed by atoms with Gasteiger partial charge < -0.3 is 4.42 Å². The average Bonchev–Trinajstić information content (AvgIpc) is 2.86. The summed E-state index contributed by atoms with van der Waals surface area (Å²) in [6.07, 6.45) is 3.02. The van der Waals surface area contributed by atoms with Crippen LogP contribution in [-0.4, -0.2) is 15.9 Å². The standard InChI is InChI=1S/C16H12Br3N3O2/c1-2-3-14-21-13-5-4-9(17)6-11(13)16(23)22(14)20-8-10-7-12(18)15(19)24-10/h4-8H,2-3H2,1H3. The van der Waals surface area contributed by atoms with E-state index in [0.29, 0.717) is 33.6 Å². The maximum atomic E-state index is 12.8. The van der Waals surface area contributed by atoms with Crippen LogP contribution in [0.4, 0.5) is 0 Å². The molecule has 0 bridgehead atoms. The van der Waals surface area contributed by atoms with Crippen LogP contribution in [0.5, 0.6) is 0 Å². The molecule has 1 aromatic carbocycles. The summed E-state index contributed by atoms with van der Waals surface area (Å²) in [6, 6.07) is 7.22. The predicted octanol–water partition coefficient (Wildman–Crippen LogP) is 5.11. The summed E-state index contributed by atoms with van der Waals surface area (Å²) in [5, 5.41) is 4.81. The van der Waals surface area contributed by atoms with E-state index in [2.05, 4.69) is 57.9 Å². The maximum Gasteiger partial charge on any atom is 0.282 e. The molecule has 0 fully saturated rings. The molecule has 3 rings (SSSR count). The first-order valence-corrected chi connectivity index (χ1v) is 9.58. The van der Waals surface area contributed by atoms with Crippen LogP contribution in [-0.2, 0) is 6.42 Å². The van der Waals surface area contributed by atoms with Crippen molar-refractivity contribution in [2.45, 2.75) is 19.8 Å². The lowest BCUT2D eigenvalue weighted by Gasteiger charge is -2.08. The summed E-state index contributed by atoms with van der Waals surface area (Å²) in [6.45, 7) is 2.03. The molecular formula is C16H12Br3N3O2. The smallest absolute Gasteiger partial charge is 0.282 e. The molecule has 5 nitrogen and oxygen atoms in total. The van der Waals surface area contributed by atoms with E-state index in [-0.39, 0.29) is 5.56 Å². The van der Waals surface area contributed by atoms with Crippen LogP contribution < -0.4 is 5.56 Å². The third kappa shape index (κ3) is 3.55. The van der Waals surface area contributed by atoms with Crippen molar-refractivity contribution in [1.82, 2.24) is 9.66 Å². The van der Waals surface area contributed by atoms with E-state index in [1.165, 1.54) is 10.9 Å². The molecule has 0 N–H and O–H groups in total. The molecule has 0 unspecified atom stereocenters. The van der Waals surface area contributed by atoms with Crippen LogP contribution in [0.25, 0.3) is 10.9 Å². The van der Waals surface area contributed by atoms with Gasteiger partial charge in [-0.2, -0.15) is 9.78 Å². The first kappa shape index (κ1) is 17.6. The van der Waals surface area contributed by atoms with Gasteiger partial charge in [-0.15, -0.1) is 0 Å². The van der Waals surface area contributed by atoms with Gasteiger partial charge in [0, 0.05) is 17.0 Å². The molecule has 2 aromatic heterocycles. The summed E-state index contributed by atoms with van der Waals surface area (Å²) in [5.74, 6) is 1.15. The molecule has 0 saturated heterocycles. The monoisotopic (exact) mass is 515 g/mol. The van der Waals surface area contributed by atoms with Gasteiger partial charge in [-0.25, -0.2) is 4.98 Å². The van der Waals surface area contributed by atoms with E-state index in [9.17, 15) is 4.79 Å². The third-order valence-corrected chi connectivity index (χ3v) is 5.52. The normalized spacial score (nSPS) is 11.7. The first-order chi connectivity index (χ1) is 11.5. The van der Waals surface area contributed by atoms with Gasteiger partial charge in [0.25, 0.3) is 5.56 Å². The maximum absolute atomic E-state index is 12.8. The zero-order valence-corrected chi connectivity index (χ0v) is 17.4. The highest BCUT2D eigenvalue weighted by molar-refractivity contribution is 9.13. The number of benzene rings is 1. The Bertz CT molecular complexity index is 973. The van der Waals surface area contributed by atoms with E-state index in [0.717, 1.165) is 15.4 Å². The van der Waals surface area contributed by atoms with Crippen molar-refractivity contribution < 1.29 is 4.42 Å². The number of aryl methyl sites for hydroxylation is 1. The van der Waals surface area contributed by atoms with Crippen LogP contribution >= 0.6 is 47.8 Å². The molecule has 0 radical (unpaired) electrons. The number of aromatic nitrogens is 2. The van der Waals surface area contributed by atoms with Crippen LogP contribution in [0.2, 0.25) is 0 Å². The molecule has 8 heteroatoms. The molecule has 124 valence electrons. The van der Waals surface area contributed by atoms with E-state index in [4.69, 9.17) is 4.42 Å². The minimum atomic E-state index is -0.203. The molecule has 24 heavy (non-hydrogen) atoms. The summed E-state index contributed by atoms with van der Waals surface area (Å²) in [5.41, 5.74) is 0.465. The Morgan fingerprint density at radius 2 is 2.08 bits per heavy atom. The van der Waals surface area contributed by atoms with E-state index in [1.807, 2.05) is 19.1 Å². The first-order valence-electron chi connectivity index (χ1n) is 7.20. The summed E-state index contributed by atoms with van der Waals surface area (Å²) in [4.78, 5) is 17.4. The van der Waals surface area contributed by atoms with Crippen LogP contribution in [0, 0.1) is 0 Å². The van der Waals surface area contributed by atoms with E-state index < -0.39 is 0 Å². The topological polar surface area (TPSA) is 60.4 Å². The Hall–Kier alpha value is -1.25. The zero-order chi connectivity index (χ0) is 17.3. The van der Waals surface area contributed by atoms with Gasteiger partial charge in [0.1, 0.15) is 11.6 Å². The number of furan rings is 1. The highest BCUT2D eigenvalue weighted by atomic mass is 79.9. The van der Waals surface area contributed by atoms with Gasteiger partial charge >= 0.3 is 0 Å². The summed E-state index contributed by atoms with van der Waals surface area (Å²) >= 11 is 10.0. The van der Waals surface area contributed by atoms with Gasteiger partial charge in [0.15, 0.2) is 4.67 Å². The van der Waals surface area contributed by atoms with Crippen molar-refractivity contribution in [3.05, 3.63) is 59.8 Å². The third-order valence-electron chi connectivity index (χ3n) is 3.31. The minimum absolute atomic E-state index is 0.203. The van der Waals surface area contributed by atoms with Crippen molar-refractivity contribution >= 4 is 64.9 Å². The summed E-state index contributed by atoms with van der Waals surface area (Å²) in [7, 11) is 0. The SMILES string of the molecule is CCCc1nc2ccc(Br)cc2c(=O)n1N=Cc1cc(Br)c(Br)o1. The number of hydrogen-bond acceptors (Lipinski definition) is 4. The molecule has 0 aliphatic heterocycles. The lowest BCUT2D eigenvalue weighted by Crippen LogP contribution is -2.22. The van der Waals surface area contributed by atoms with Gasteiger partial charge in [-0.1, -0.05) is 22.9 Å². The second-order valence-corrected chi connectivity index (χ2v) is 7.56. The quantitative estimate of drug-likeness (QED) is 0.452. The van der Waals surface area contributed by atoms with Crippen molar-refractivity contribution in [2.75, 3.05) is 0 Å². The Labute approximate surface area is 163 Å². The van der Waals surface area contributed by atoms with Gasteiger partial charge in [-0.05, 0) is 56.5 Å². The molecule has 0 saturated carbocycles. The van der Waals surface area contributed by atoms with Crippen LogP contribution in [0.15, 0.2) is 52.2 Å². The Balaban J connectivity index is 2.15. The van der Waals surface area contributed by atoms with Crippen molar-refractivity contribution in [1.29, 1.82) is 0 Å². The lowest BCUT2D eigenvalue weighted by molar-refractivity contribution is 0.532. The number of hydrogen-bond donors (Lipinski definition) is 0. The van der Waals surface area contributed by atoms with Crippen LogP contribution in [0.1, 0.15) is 24.9 Å². The second kappa shape index (κ2) is 7.33. The molecule has 0 aliphatic carbocycles. The highest BCUT2D eigenvalue weighted by Gasteiger charge is 2.11. The highest BCUT2D eigenvalue weighted by Crippen LogP contribution is 2.25. The Morgan fingerprint density at radius 3 is 2.75 bits per heavy atom. The fourth-order valence-corrected chi connectivity index (χ4v) is 3.21. The van der Waals surface area contributed by atoms with Crippen molar-refractivity contribution in [3.8, 4) is 0 Å². The zero-order valence-electron chi connectivity index (χ0n) is 12.6. The molecule has 0 spiro atoms. The van der Waals surface area contributed by atoms with E-state index >= 15 is 0 Å². The van der Waals surface area contributed by atoms with Gasteiger partial charge in [0.05, 0.1) is 21.6 Å². The molecule has 3 aromatic rings. The van der Waals surface area contributed by atoms with Gasteiger partial charge in [-0.3, -0.25) is 4.79 Å².